The van der Waals surface area contributed by atoms with Crippen LogP contribution in [0.2, 0.25) is 0 Å². The van der Waals surface area contributed by atoms with Gasteiger partial charge in [0.2, 0.25) is 0 Å². The van der Waals surface area contributed by atoms with Crippen molar-refractivity contribution < 1.29 is 0 Å². The van der Waals surface area contributed by atoms with Crippen molar-refractivity contribution in [1.82, 2.24) is 19.7 Å². The summed E-state index contributed by atoms with van der Waals surface area (Å²) in [7, 11) is 1.95. The molecule has 0 spiro atoms. The summed E-state index contributed by atoms with van der Waals surface area (Å²) >= 11 is 0. The van der Waals surface area contributed by atoms with Crippen molar-refractivity contribution >= 4 is 16.7 Å². The Morgan fingerprint density at radius 2 is 1.83 bits per heavy atom. The van der Waals surface area contributed by atoms with Crippen molar-refractivity contribution in [3.05, 3.63) is 42.2 Å². The summed E-state index contributed by atoms with van der Waals surface area (Å²) in [6, 6.07) is 10.2. The summed E-state index contributed by atoms with van der Waals surface area (Å²) in [6.07, 6.45) is 5.83. The third-order valence-corrected chi connectivity index (χ3v) is 4.81. The molecule has 3 heterocycles. The number of nitrogens with two attached hydrogens (primary N) is 1. The number of piperidine rings is 1. The van der Waals surface area contributed by atoms with E-state index in [1.807, 2.05) is 30.1 Å². The van der Waals surface area contributed by atoms with Gasteiger partial charge in [-0.3, -0.25) is 9.58 Å². The highest BCUT2D eigenvalue weighted by molar-refractivity contribution is 5.93. The molecular formula is C19H23N5. The van der Waals surface area contributed by atoms with Gasteiger partial charge in [-0.2, -0.15) is 5.10 Å². The molecule has 5 nitrogen and oxygen atoms in total. The molecule has 1 aliphatic heterocycles. The van der Waals surface area contributed by atoms with Gasteiger partial charge in [0.05, 0.1) is 11.9 Å². The molecule has 0 atom stereocenters. The molecule has 3 aromatic rings. The second kappa shape index (κ2) is 6.24. The van der Waals surface area contributed by atoms with Gasteiger partial charge < -0.3 is 5.73 Å². The lowest BCUT2D eigenvalue weighted by Gasteiger charge is -2.26. The van der Waals surface area contributed by atoms with Crippen molar-refractivity contribution in [1.29, 1.82) is 0 Å². The number of nitrogens with zero attached hydrogens (tertiary/aromatic N) is 4. The molecule has 124 valence electrons. The number of nitrogen functional groups attached to an aromatic ring is 1. The van der Waals surface area contributed by atoms with Gasteiger partial charge in [0, 0.05) is 24.7 Å². The lowest BCUT2D eigenvalue weighted by molar-refractivity contribution is 0.218. The number of hydrogen-bond acceptors (Lipinski definition) is 4. The van der Waals surface area contributed by atoms with E-state index in [4.69, 9.17) is 10.7 Å². The Hall–Kier alpha value is -2.40. The molecule has 4 rings (SSSR count). The molecule has 0 aliphatic carbocycles. The van der Waals surface area contributed by atoms with Crippen molar-refractivity contribution in [3.63, 3.8) is 0 Å². The number of anilines is 1. The summed E-state index contributed by atoms with van der Waals surface area (Å²) in [5.41, 5.74) is 11.0. The van der Waals surface area contributed by atoms with E-state index in [0.717, 1.165) is 34.5 Å². The van der Waals surface area contributed by atoms with E-state index in [0.29, 0.717) is 0 Å². The van der Waals surface area contributed by atoms with Gasteiger partial charge in [-0.15, -0.1) is 0 Å². The van der Waals surface area contributed by atoms with E-state index in [1.165, 1.54) is 37.9 Å². The number of benzene rings is 1. The Morgan fingerprint density at radius 3 is 2.58 bits per heavy atom. The van der Waals surface area contributed by atoms with Gasteiger partial charge in [-0.1, -0.05) is 18.6 Å². The molecule has 0 saturated carbocycles. The van der Waals surface area contributed by atoms with Gasteiger partial charge >= 0.3 is 0 Å². The Labute approximate surface area is 142 Å². The van der Waals surface area contributed by atoms with Gasteiger partial charge in [0.1, 0.15) is 0 Å². The molecular weight excluding hydrogens is 298 g/mol. The largest absolute Gasteiger partial charge is 0.399 e. The number of aromatic nitrogens is 3. The van der Waals surface area contributed by atoms with Crippen LogP contribution in [-0.4, -0.2) is 32.8 Å². The second-order valence-electron chi connectivity index (χ2n) is 6.63. The van der Waals surface area contributed by atoms with Crippen molar-refractivity contribution in [2.45, 2.75) is 25.8 Å². The topological polar surface area (TPSA) is 60.0 Å². The normalized spacial score (nSPS) is 15.9. The lowest BCUT2D eigenvalue weighted by atomic mass is 10.0. The van der Waals surface area contributed by atoms with Crippen molar-refractivity contribution in [2.24, 2.45) is 7.05 Å². The molecule has 1 fully saturated rings. The number of rotatable bonds is 3. The molecule has 2 aromatic heterocycles. The predicted octanol–water partition coefficient (Wildman–Crippen LogP) is 3.20. The van der Waals surface area contributed by atoms with Gasteiger partial charge in [0.15, 0.2) is 5.65 Å². The van der Waals surface area contributed by atoms with Crippen LogP contribution in [0.1, 0.15) is 25.0 Å². The maximum atomic E-state index is 5.84. The first-order valence-electron chi connectivity index (χ1n) is 8.60. The third kappa shape index (κ3) is 2.87. The van der Waals surface area contributed by atoms with E-state index >= 15 is 0 Å². The fourth-order valence-electron chi connectivity index (χ4n) is 3.50. The third-order valence-electron chi connectivity index (χ3n) is 4.81. The molecule has 1 aromatic carbocycles. The average molecular weight is 321 g/mol. The van der Waals surface area contributed by atoms with Gasteiger partial charge in [-0.05, 0) is 55.3 Å². The van der Waals surface area contributed by atoms with Crippen molar-refractivity contribution in [3.8, 4) is 11.1 Å². The van der Waals surface area contributed by atoms with Crippen LogP contribution in [0.25, 0.3) is 22.2 Å². The molecule has 1 aliphatic rings. The van der Waals surface area contributed by atoms with E-state index in [9.17, 15) is 0 Å². The standard InChI is InChI=1S/C19H23N5/c1-23-19-18(12-21-23)17(14-5-7-15(20)8-6-14)11-16(22-19)13-24-9-3-2-4-10-24/h5-8,11-12H,2-4,9-10,13,20H2,1H3. The number of fused-ring (bicyclic) bond motifs is 1. The average Bonchev–Trinajstić information content (AvgIpc) is 2.97. The predicted molar refractivity (Wildman–Crippen MR) is 97.5 cm³/mol. The molecule has 1 saturated heterocycles. The summed E-state index contributed by atoms with van der Waals surface area (Å²) < 4.78 is 1.86. The van der Waals surface area contributed by atoms with Crippen LogP contribution in [0.15, 0.2) is 36.5 Å². The van der Waals surface area contributed by atoms with E-state index in [1.54, 1.807) is 0 Å². The second-order valence-corrected chi connectivity index (χ2v) is 6.63. The fraction of sp³-hybridized carbons (Fsp3) is 0.368. The number of hydrogen-bond donors (Lipinski definition) is 1. The van der Waals surface area contributed by atoms with E-state index < -0.39 is 0 Å². The highest BCUT2D eigenvalue weighted by Crippen LogP contribution is 2.29. The smallest absolute Gasteiger partial charge is 0.158 e. The van der Waals surface area contributed by atoms with Crippen LogP contribution < -0.4 is 5.73 Å². The maximum absolute atomic E-state index is 5.84. The SMILES string of the molecule is Cn1ncc2c(-c3ccc(N)cc3)cc(CN3CCCCC3)nc21. The molecule has 5 heteroatoms. The molecule has 2 N–H and O–H groups in total. The zero-order chi connectivity index (χ0) is 16.5. The molecule has 24 heavy (non-hydrogen) atoms. The van der Waals surface area contributed by atoms with Crippen LogP contribution in [-0.2, 0) is 13.6 Å². The Morgan fingerprint density at radius 1 is 1.08 bits per heavy atom. The Bertz CT molecular complexity index is 844. The van der Waals surface area contributed by atoms with E-state index in [-0.39, 0.29) is 0 Å². The van der Waals surface area contributed by atoms with Crippen molar-refractivity contribution in [2.75, 3.05) is 18.8 Å². The number of likely N-dealkylation sites (tertiary alicyclic amines) is 1. The Balaban J connectivity index is 1.77. The number of pyridine rings is 1. The minimum absolute atomic E-state index is 0.781. The molecule has 0 unspecified atom stereocenters. The summed E-state index contributed by atoms with van der Waals surface area (Å²) in [5.74, 6) is 0. The highest BCUT2D eigenvalue weighted by atomic mass is 15.3. The first kappa shape index (κ1) is 15.1. The maximum Gasteiger partial charge on any atom is 0.158 e. The van der Waals surface area contributed by atoms with Crippen LogP contribution in [0.3, 0.4) is 0 Å². The quantitative estimate of drug-likeness (QED) is 0.753. The van der Waals surface area contributed by atoms with Crippen LogP contribution in [0, 0.1) is 0 Å². The van der Waals surface area contributed by atoms with E-state index in [2.05, 4.69) is 28.2 Å². The Kier molecular flexibility index (Phi) is 3.94. The van der Waals surface area contributed by atoms with Gasteiger partial charge in [0.25, 0.3) is 0 Å². The lowest BCUT2D eigenvalue weighted by Crippen LogP contribution is -2.29. The zero-order valence-corrected chi connectivity index (χ0v) is 14.1. The zero-order valence-electron chi connectivity index (χ0n) is 14.1. The van der Waals surface area contributed by atoms with Gasteiger partial charge in [-0.25, -0.2) is 4.98 Å². The molecule has 0 radical (unpaired) electrons. The van der Waals surface area contributed by atoms with Crippen LogP contribution in [0.5, 0.6) is 0 Å². The minimum atomic E-state index is 0.781. The monoisotopic (exact) mass is 321 g/mol. The first-order chi connectivity index (χ1) is 11.7. The highest BCUT2D eigenvalue weighted by Gasteiger charge is 2.15. The first-order valence-corrected chi connectivity index (χ1v) is 8.60. The van der Waals surface area contributed by atoms with Crippen LogP contribution in [0.4, 0.5) is 5.69 Å². The minimum Gasteiger partial charge on any atom is -0.399 e. The fourth-order valence-corrected chi connectivity index (χ4v) is 3.50. The number of aryl methyl sites for hydroxylation is 1. The summed E-state index contributed by atoms with van der Waals surface area (Å²) in [5, 5.41) is 5.49. The van der Waals surface area contributed by atoms with Crippen LogP contribution >= 0.6 is 0 Å². The molecule has 0 amide bonds. The molecule has 0 bridgehead atoms. The summed E-state index contributed by atoms with van der Waals surface area (Å²) in [6.45, 7) is 3.24. The summed E-state index contributed by atoms with van der Waals surface area (Å²) in [4.78, 5) is 7.37.